The van der Waals surface area contributed by atoms with Crippen LogP contribution >= 0.6 is 0 Å². The number of carbonyl (C=O) groups is 1. The molecule has 0 saturated carbocycles. The Morgan fingerprint density at radius 1 is 1.03 bits per heavy atom. The van der Waals surface area contributed by atoms with Crippen molar-refractivity contribution in [1.29, 1.82) is 0 Å². The fourth-order valence-corrected chi connectivity index (χ4v) is 4.24. The molecular weight excluding hydrogens is 390 g/mol. The lowest BCUT2D eigenvalue weighted by Gasteiger charge is -2.32. The molecule has 31 heavy (non-hydrogen) atoms. The highest BCUT2D eigenvalue weighted by Crippen LogP contribution is 2.42. The summed E-state index contributed by atoms with van der Waals surface area (Å²) in [6.07, 6.45) is 1.30. The average molecular weight is 418 g/mol. The predicted octanol–water partition coefficient (Wildman–Crippen LogP) is 5.09. The van der Waals surface area contributed by atoms with Crippen molar-refractivity contribution in [3.05, 3.63) is 89.0 Å². The number of aliphatic carboxylic acids is 1. The van der Waals surface area contributed by atoms with E-state index in [1.54, 1.807) is 7.11 Å². The number of ether oxygens (including phenoxy) is 2. The molecule has 0 bridgehead atoms. The zero-order chi connectivity index (χ0) is 21.8. The van der Waals surface area contributed by atoms with Crippen molar-refractivity contribution in [2.24, 2.45) is 0 Å². The lowest BCUT2D eigenvalue weighted by Crippen LogP contribution is -2.35. The number of anilines is 1. The Morgan fingerprint density at radius 2 is 1.84 bits per heavy atom. The van der Waals surface area contributed by atoms with Gasteiger partial charge in [-0.1, -0.05) is 48.5 Å². The molecule has 0 radical (unpaired) electrons. The summed E-state index contributed by atoms with van der Waals surface area (Å²) in [4.78, 5) is 11.8. The number of hydrogen-bond acceptors (Lipinski definition) is 4. The van der Waals surface area contributed by atoms with E-state index in [0.29, 0.717) is 24.5 Å². The quantitative estimate of drug-likeness (QED) is 0.561. The molecule has 1 aliphatic heterocycles. The summed E-state index contributed by atoms with van der Waals surface area (Å²) in [5, 5.41) is 12.9. The normalized spacial score (nSPS) is 17.4. The Morgan fingerprint density at radius 3 is 2.55 bits per heavy atom. The third kappa shape index (κ3) is 4.50. The molecule has 5 heteroatoms. The molecule has 0 saturated heterocycles. The Kier molecular flexibility index (Phi) is 6.12. The molecule has 160 valence electrons. The van der Waals surface area contributed by atoms with Crippen molar-refractivity contribution in [1.82, 2.24) is 0 Å². The number of methoxy groups -OCH3 is 1. The Balaban J connectivity index is 1.73. The van der Waals surface area contributed by atoms with Crippen LogP contribution in [0.4, 0.5) is 5.69 Å². The van der Waals surface area contributed by atoms with Crippen molar-refractivity contribution in [3.8, 4) is 11.5 Å². The monoisotopic (exact) mass is 417 g/mol. The summed E-state index contributed by atoms with van der Waals surface area (Å²) in [7, 11) is 1.62. The molecule has 4 rings (SSSR count). The van der Waals surface area contributed by atoms with Gasteiger partial charge in [0.05, 0.1) is 13.7 Å². The van der Waals surface area contributed by atoms with Crippen LogP contribution in [0.1, 0.15) is 41.5 Å². The lowest BCUT2D eigenvalue weighted by molar-refractivity contribution is -0.138. The van der Waals surface area contributed by atoms with Crippen molar-refractivity contribution in [3.63, 3.8) is 0 Å². The molecule has 2 atom stereocenters. The molecule has 2 unspecified atom stereocenters. The van der Waals surface area contributed by atoms with E-state index in [0.717, 1.165) is 23.2 Å². The molecule has 1 heterocycles. The van der Waals surface area contributed by atoms with Crippen molar-refractivity contribution < 1.29 is 19.4 Å². The van der Waals surface area contributed by atoms with Gasteiger partial charge in [0, 0.05) is 11.6 Å². The van der Waals surface area contributed by atoms with Crippen molar-refractivity contribution in [2.75, 3.05) is 19.0 Å². The topological polar surface area (TPSA) is 67.8 Å². The average Bonchev–Trinajstić information content (AvgIpc) is 2.79. The van der Waals surface area contributed by atoms with E-state index in [9.17, 15) is 9.90 Å². The SMILES string of the molecule is CCOc1ccc(C2CC(C(=O)O)Nc3ccc(Cc4ccccc4)cc32)cc1OC. The largest absolute Gasteiger partial charge is 0.493 e. The predicted molar refractivity (Wildman–Crippen MR) is 121 cm³/mol. The molecule has 0 aliphatic carbocycles. The van der Waals surface area contributed by atoms with Gasteiger partial charge >= 0.3 is 5.97 Å². The van der Waals surface area contributed by atoms with E-state index in [-0.39, 0.29) is 5.92 Å². The number of fused-ring (bicyclic) bond motifs is 1. The Labute approximate surface area is 182 Å². The van der Waals surface area contributed by atoms with Gasteiger partial charge in [0.25, 0.3) is 0 Å². The van der Waals surface area contributed by atoms with Crippen LogP contribution < -0.4 is 14.8 Å². The van der Waals surface area contributed by atoms with E-state index < -0.39 is 12.0 Å². The van der Waals surface area contributed by atoms with Gasteiger partial charge in [-0.25, -0.2) is 4.79 Å². The van der Waals surface area contributed by atoms with Crippen LogP contribution in [0, 0.1) is 0 Å². The highest BCUT2D eigenvalue weighted by Gasteiger charge is 2.32. The van der Waals surface area contributed by atoms with Crippen LogP contribution in [0.5, 0.6) is 11.5 Å². The number of carboxylic acid groups (broad SMARTS) is 1. The van der Waals surface area contributed by atoms with Crippen LogP contribution in [0.3, 0.4) is 0 Å². The number of nitrogens with one attached hydrogen (secondary N) is 1. The maximum Gasteiger partial charge on any atom is 0.326 e. The first kappa shape index (κ1) is 20.8. The zero-order valence-electron chi connectivity index (χ0n) is 17.8. The second-order valence-corrected chi connectivity index (χ2v) is 7.75. The van der Waals surface area contributed by atoms with Crippen LogP contribution in [0.25, 0.3) is 0 Å². The van der Waals surface area contributed by atoms with E-state index in [1.165, 1.54) is 11.1 Å². The minimum absolute atomic E-state index is 0.0577. The van der Waals surface area contributed by atoms with Crippen LogP contribution in [-0.2, 0) is 11.2 Å². The maximum atomic E-state index is 11.8. The molecule has 0 spiro atoms. The third-order valence-electron chi connectivity index (χ3n) is 5.73. The molecule has 0 amide bonds. The minimum atomic E-state index is -0.845. The van der Waals surface area contributed by atoms with Gasteiger partial charge in [0.2, 0.25) is 0 Å². The second kappa shape index (κ2) is 9.13. The van der Waals surface area contributed by atoms with Gasteiger partial charge in [-0.3, -0.25) is 0 Å². The van der Waals surface area contributed by atoms with Gasteiger partial charge in [-0.15, -0.1) is 0 Å². The third-order valence-corrected chi connectivity index (χ3v) is 5.73. The summed E-state index contributed by atoms with van der Waals surface area (Å²) in [5.74, 6) is 0.446. The van der Waals surface area contributed by atoms with Crippen LogP contribution in [0.2, 0.25) is 0 Å². The summed E-state index contributed by atoms with van der Waals surface area (Å²) >= 11 is 0. The smallest absolute Gasteiger partial charge is 0.326 e. The minimum Gasteiger partial charge on any atom is -0.493 e. The summed E-state index contributed by atoms with van der Waals surface area (Å²) in [5.41, 5.74) is 5.44. The van der Waals surface area contributed by atoms with Gasteiger partial charge in [0.1, 0.15) is 6.04 Å². The number of hydrogen-bond donors (Lipinski definition) is 2. The Bertz CT molecular complexity index is 1060. The van der Waals surface area contributed by atoms with Gasteiger partial charge in [-0.2, -0.15) is 0 Å². The zero-order valence-corrected chi connectivity index (χ0v) is 17.8. The number of carboxylic acids is 1. The lowest BCUT2D eigenvalue weighted by atomic mass is 9.81. The molecule has 0 aromatic heterocycles. The van der Waals surface area contributed by atoms with Gasteiger partial charge in [0.15, 0.2) is 11.5 Å². The fourth-order valence-electron chi connectivity index (χ4n) is 4.24. The molecule has 5 nitrogen and oxygen atoms in total. The molecule has 2 N–H and O–H groups in total. The molecule has 1 aliphatic rings. The van der Waals surface area contributed by atoms with E-state index in [1.807, 2.05) is 49.4 Å². The molecule has 3 aromatic carbocycles. The second-order valence-electron chi connectivity index (χ2n) is 7.75. The van der Waals surface area contributed by atoms with Crippen LogP contribution in [-0.4, -0.2) is 30.8 Å². The van der Waals surface area contributed by atoms with E-state index >= 15 is 0 Å². The van der Waals surface area contributed by atoms with E-state index in [2.05, 4.69) is 29.6 Å². The number of rotatable bonds is 7. The van der Waals surface area contributed by atoms with Gasteiger partial charge in [-0.05, 0) is 60.2 Å². The molecule has 3 aromatic rings. The highest BCUT2D eigenvalue weighted by molar-refractivity contribution is 5.80. The standard InChI is InChI=1S/C26H27NO4/c1-3-31-24-12-10-19(15-25(24)30-2)20-16-23(26(28)29)27-22-11-9-18(14-21(20)22)13-17-7-5-4-6-8-17/h4-12,14-15,20,23,27H,3,13,16H2,1-2H3,(H,28,29). The molecular formula is C26H27NO4. The van der Waals surface area contributed by atoms with E-state index in [4.69, 9.17) is 9.47 Å². The van der Waals surface area contributed by atoms with Crippen LogP contribution in [0.15, 0.2) is 66.7 Å². The summed E-state index contributed by atoms with van der Waals surface area (Å²) in [6, 6.07) is 21.8. The summed E-state index contributed by atoms with van der Waals surface area (Å²) < 4.78 is 11.2. The Hall–Kier alpha value is -3.47. The van der Waals surface area contributed by atoms with Gasteiger partial charge < -0.3 is 19.9 Å². The maximum absolute atomic E-state index is 11.8. The highest BCUT2D eigenvalue weighted by atomic mass is 16.5. The fraction of sp³-hybridized carbons (Fsp3) is 0.269. The first-order chi connectivity index (χ1) is 15.1. The summed E-state index contributed by atoms with van der Waals surface area (Å²) in [6.45, 7) is 2.48. The number of benzene rings is 3. The first-order valence-corrected chi connectivity index (χ1v) is 10.6. The molecule has 0 fully saturated rings. The first-order valence-electron chi connectivity index (χ1n) is 10.6. The van der Waals surface area contributed by atoms with Crippen molar-refractivity contribution in [2.45, 2.75) is 31.7 Å². The van der Waals surface area contributed by atoms with Crippen molar-refractivity contribution >= 4 is 11.7 Å².